The molecule has 0 amide bonds. The Balaban J connectivity index is 3.13. The van der Waals surface area contributed by atoms with Gasteiger partial charge in [0.25, 0.3) is 11.1 Å². The quantitative estimate of drug-likeness (QED) is 0.785. The molecule has 0 saturated heterocycles. The van der Waals surface area contributed by atoms with Crippen LogP contribution in [0.2, 0.25) is 0 Å². The monoisotopic (exact) mass is 268 g/mol. The van der Waals surface area contributed by atoms with E-state index in [1.807, 2.05) is 6.92 Å². The number of nitrogens with zero attached hydrogens (tertiary/aromatic N) is 1. The first-order valence-electron chi connectivity index (χ1n) is 4.42. The molecule has 5 heteroatoms. The fourth-order valence-corrected chi connectivity index (χ4v) is 1.87. The molecule has 0 aromatic carbocycles. The summed E-state index contributed by atoms with van der Waals surface area (Å²) in [6.07, 6.45) is 0. The molecule has 0 saturated carbocycles. The summed E-state index contributed by atoms with van der Waals surface area (Å²) in [5, 5.41) is 0. The van der Waals surface area contributed by atoms with Gasteiger partial charge in [-0.1, -0.05) is 15.9 Å². The summed E-state index contributed by atoms with van der Waals surface area (Å²) in [7, 11) is 0. The summed E-state index contributed by atoms with van der Waals surface area (Å²) < 4.78 is 1.79. The van der Waals surface area contributed by atoms with Gasteiger partial charge in [0.2, 0.25) is 0 Å². The van der Waals surface area contributed by atoms with Crippen LogP contribution in [0.15, 0.2) is 26.2 Å². The second-order valence-corrected chi connectivity index (χ2v) is 4.33. The van der Waals surface area contributed by atoms with Crippen LogP contribution in [-0.2, 0) is 0 Å². The van der Waals surface area contributed by atoms with Gasteiger partial charge in [-0.3, -0.25) is 9.59 Å². The van der Waals surface area contributed by atoms with Gasteiger partial charge in [0, 0.05) is 21.8 Å². The number of aromatic nitrogens is 2. The van der Waals surface area contributed by atoms with Gasteiger partial charge in [-0.05, 0) is 19.9 Å². The van der Waals surface area contributed by atoms with Crippen molar-refractivity contribution < 1.29 is 0 Å². The van der Waals surface area contributed by atoms with Gasteiger partial charge in [-0.2, -0.15) is 0 Å². The molecule has 0 fully saturated rings. The number of hydrogen-bond donors (Lipinski definition) is 1. The Morgan fingerprint density at radius 1 is 1.27 bits per heavy atom. The second kappa shape index (κ2) is 3.34. The van der Waals surface area contributed by atoms with Crippen LogP contribution in [0.3, 0.4) is 0 Å². The Bertz CT molecular complexity index is 655. The van der Waals surface area contributed by atoms with Gasteiger partial charge >= 0.3 is 0 Å². The lowest BCUT2D eigenvalue weighted by Gasteiger charge is -2.05. The molecule has 2 rings (SSSR count). The summed E-state index contributed by atoms with van der Waals surface area (Å²) in [6.45, 7) is 3.50. The zero-order chi connectivity index (χ0) is 11.2. The normalized spacial score (nSPS) is 10.9. The first-order chi connectivity index (χ1) is 7.00. The van der Waals surface area contributed by atoms with E-state index in [0.29, 0.717) is 15.7 Å². The summed E-state index contributed by atoms with van der Waals surface area (Å²) in [5.74, 6) is 0. The molecule has 0 bridgehead atoms. The molecule has 0 atom stereocenters. The van der Waals surface area contributed by atoms with Crippen molar-refractivity contribution in [1.29, 1.82) is 0 Å². The summed E-state index contributed by atoms with van der Waals surface area (Å²) in [5.41, 5.74) is 1.24. The Morgan fingerprint density at radius 3 is 2.60 bits per heavy atom. The van der Waals surface area contributed by atoms with Crippen molar-refractivity contribution in [3.63, 3.8) is 0 Å². The molecule has 4 nitrogen and oxygen atoms in total. The lowest BCUT2D eigenvalue weighted by molar-refractivity contribution is 0.950. The highest BCUT2D eigenvalue weighted by molar-refractivity contribution is 9.10. The smallest absolute Gasteiger partial charge is 0.263 e. The standard InChI is InChI=1S/C10H9BrN2O2/c1-5-6(2)12-8-3-7(11)4-9(14)13(8)10(5)15/h3-4,12H,1-2H3. The summed E-state index contributed by atoms with van der Waals surface area (Å²) in [4.78, 5) is 26.4. The first-order valence-corrected chi connectivity index (χ1v) is 5.22. The van der Waals surface area contributed by atoms with Crippen molar-refractivity contribution in [2.75, 3.05) is 0 Å². The van der Waals surface area contributed by atoms with Gasteiger partial charge in [0.05, 0.1) is 0 Å². The molecule has 2 heterocycles. The number of pyridine rings is 1. The Morgan fingerprint density at radius 2 is 1.93 bits per heavy atom. The fraction of sp³-hybridized carbons (Fsp3) is 0.200. The third-order valence-electron chi connectivity index (χ3n) is 2.40. The minimum atomic E-state index is -0.330. The maximum absolute atomic E-state index is 11.8. The van der Waals surface area contributed by atoms with Gasteiger partial charge in [0.1, 0.15) is 5.65 Å². The number of aromatic amines is 1. The van der Waals surface area contributed by atoms with Crippen molar-refractivity contribution in [2.24, 2.45) is 0 Å². The predicted octanol–water partition coefficient (Wildman–Crippen LogP) is 1.37. The average molecular weight is 269 g/mol. The third kappa shape index (κ3) is 1.52. The zero-order valence-electron chi connectivity index (χ0n) is 8.30. The van der Waals surface area contributed by atoms with Crippen LogP contribution in [0.1, 0.15) is 11.3 Å². The van der Waals surface area contributed by atoms with E-state index in [1.54, 1.807) is 13.0 Å². The Kier molecular flexibility index (Phi) is 2.26. The molecule has 15 heavy (non-hydrogen) atoms. The molecule has 0 aliphatic carbocycles. The first kappa shape index (κ1) is 10.2. The maximum Gasteiger partial charge on any atom is 0.263 e. The largest absolute Gasteiger partial charge is 0.345 e. The SMILES string of the molecule is Cc1[nH]c2cc(Br)cc(=O)n2c(=O)c1C. The van der Waals surface area contributed by atoms with Crippen molar-refractivity contribution in [3.05, 3.63) is 48.6 Å². The molecule has 1 N–H and O–H groups in total. The van der Waals surface area contributed by atoms with Gasteiger partial charge < -0.3 is 4.98 Å². The summed E-state index contributed by atoms with van der Waals surface area (Å²) in [6, 6.07) is 3.08. The maximum atomic E-state index is 11.8. The molecule has 0 unspecified atom stereocenters. The van der Waals surface area contributed by atoms with E-state index < -0.39 is 0 Å². The van der Waals surface area contributed by atoms with E-state index in [0.717, 1.165) is 10.1 Å². The lowest BCUT2D eigenvalue weighted by Crippen LogP contribution is -2.29. The molecular weight excluding hydrogens is 260 g/mol. The van der Waals surface area contributed by atoms with E-state index in [9.17, 15) is 9.59 Å². The number of H-pyrrole nitrogens is 1. The number of aryl methyl sites for hydroxylation is 1. The highest BCUT2D eigenvalue weighted by atomic mass is 79.9. The molecule has 0 aliphatic rings. The molecule has 0 spiro atoms. The Labute approximate surface area is 93.7 Å². The van der Waals surface area contributed by atoms with E-state index >= 15 is 0 Å². The van der Waals surface area contributed by atoms with Crippen molar-refractivity contribution >= 4 is 21.6 Å². The number of fused-ring (bicyclic) bond motifs is 1. The highest BCUT2D eigenvalue weighted by Gasteiger charge is 2.06. The van der Waals surface area contributed by atoms with Crippen molar-refractivity contribution in [3.8, 4) is 0 Å². The predicted molar refractivity (Wildman–Crippen MR) is 61.5 cm³/mol. The second-order valence-electron chi connectivity index (χ2n) is 3.41. The fourth-order valence-electron chi connectivity index (χ4n) is 1.45. The molecule has 0 radical (unpaired) electrons. The minimum Gasteiger partial charge on any atom is -0.345 e. The van der Waals surface area contributed by atoms with Crippen LogP contribution in [0, 0.1) is 13.8 Å². The highest BCUT2D eigenvalue weighted by Crippen LogP contribution is 2.08. The van der Waals surface area contributed by atoms with Crippen LogP contribution < -0.4 is 11.1 Å². The number of hydrogen-bond acceptors (Lipinski definition) is 2. The van der Waals surface area contributed by atoms with Gasteiger partial charge in [0.15, 0.2) is 0 Å². The van der Waals surface area contributed by atoms with E-state index in [4.69, 9.17) is 0 Å². The summed E-state index contributed by atoms with van der Waals surface area (Å²) >= 11 is 3.22. The van der Waals surface area contributed by atoms with Gasteiger partial charge in [-0.15, -0.1) is 0 Å². The molecule has 2 aromatic heterocycles. The van der Waals surface area contributed by atoms with E-state index in [2.05, 4.69) is 20.9 Å². The van der Waals surface area contributed by atoms with E-state index in [1.165, 1.54) is 6.07 Å². The van der Waals surface area contributed by atoms with Crippen LogP contribution in [0.4, 0.5) is 0 Å². The molecule has 0 aliphatic heterocycles. The van der Waals surface area contributed by atoms with Crippen LogP contribution in [0.5, 0.6) is 0 Å². The lowest BCUT2D eigenvalue weighted by atomic mass is 10.2. The van der Waals surface area contributed by atoms with E-state index in [-0.39, 0.29) is 11.1 Å². The molecular formula is C10H9BrN2O2. The number of nitrogens with one attached hydrogen (secondary N) is 1. The van der Waals surface area contributed by atoms with Gasteiger partial charge in [-0.25, -0.2) is 4.40 Å². The van der Waals surface area contributed by atoms with Crippen LogP contribution >= 0.6 is 15.9 Å². The van der Waals surface area contributed by atoms with Crippen LogP contribution in [-0.4, -0.2) is 9.38 Å². The van der Waals surface area contributed by atoms with Crippen LogP contribution in [0.25, 0.3) is 5.65 Å². The van der Waals surface area contributed by atoms with Crippen molar-refractivity contribution in [2.45, 2.75) is 13.8 Å². The molecule has 2 aromatic rings. The number of halogens is 1. The number of rotatable bonds is 0. The zero-order valence-corrected chi connectivity index (χ0v) is 9.88. The Hall–Kier alpha value is -1.36. The minimum absolute atomic E-state index is 0.265. The topological polar surface area (TPSA) is 54.3 Å². The van der Waals surface area contributed by atoms with Crippen molar-refractivity contribution in [1.82, 2.24) is 9.38 Å². The third-order valence-corrected chi connectivity index (χ3v) is 2.86. The average Bonchev–Trinajstić information content (AvgIpc) is 2.13. The molecule has 78 valence electrons.